The summed E-state index contributed by atoms with van der Waals surface area (Å²) < 4.78 is 8.39. The van der Waals surface area contributed by atoms with Crippen molar-refractivity contribution in [1.29, 1.82) is 0 Å². The average molecular weight is 482 g/mol. The van der Waals surface area contributed by atoms with Crippen molar-refractivity contribution in [2.24, 2.45) is 0 Å². The Balaban J connectivity index is 1.64. The lowest BCUT2D eigenvalue weighted by atomic mass is 9.84. The van der Waals surface area contributed by atoms with Gasteiger partial charge in [-0.2, -0.15) is 10.1 Å². The lowest BCUT2D eigenvalue weighted by molar-refractivity contribution is 0.223. The number of nitrogens with zero attached hydrogens (tertiary/aromatic N) is 3. The Bertz CT molecular complexity index is 1380. The lowest BCUT2D eigenvalue weighted by Crippen LogP contribution is -2.32. The van der Waals surface area contributed by atoms with Crippen LogP contribution in [-0.2, 0) is 0 Å². The van der Waals surface area contributed by atoms with E-state index in [-0.39, 0.29) is 6.04 Å². The summed E-state index contributed by atoms with van der Waals surface area (Å²) in [6.07, 6.45) is 1.14. The first-order chi connectivity index (χ1) is 15.6. The van der Waals surface area contributed by atoms with E-state index in [1.807, 2.05) is 65.3 Å². The summed E-state index contributed by atoms with van der Waals surface area (Å²) in [7, 11) is 0. The van der Waals surface area contributed by atoms with Gasteiger partial charge in [-0.25, -0.2) is 4.68 Å². The van der Waals surface area contributed by atoms with E-state index >= 15 is 0 Å². The van der Waals surface area contributed by atoms with E-state index in [0.717, 1.165) is 33.7 Å². The van der Waals surface area contributed by atoms with Crippen molar-refractivity contribution in [3.63, 3.8) is 0 Å². The van der Waals surface area contributed by atoms with Gasteiger partial charge in [-0.15, -0.1) is 0 Å². The van der Waals surface area contributed by atoms with E-state index in [0.29, 0.717) is 21.0 Å². The first-order valence-corrected chi connectivity index (χ1v) is 11.1. The second-order valence-electron chi connectivity index (χ2n) is 7.60. The third-order valence-electron chi connectivity index (χ3n) is 5.75. The van der Waals surface area contributed by atoms with Crippen LogP contribution in [0.1, 0.15) is 28.8 Å². The van der Waals surface area contributed by atoms with Gasteiger partial charge in [0.1, 0.15) is 24.2 Å². The van der Waals surface area contributed by atoms with Crippen LogP contribution in [0.4, 0.5) is 5.95 Å². The first kappa shape index (κ1) is 19.7. The van der Waals surface area contributed by atoms with Gasteiger partial charge in [-0.1, -0.05) is 65.1 Å². The molecular weight excluding hydrogens is 467 g/mol. The average Bonchev–Trinajstić information content (AvgIpc) is 3.27. The zero-order chi connectivity index (χ0) is 21.8. The number of aromatic nitrogens is 3. The standard InChI is InChI=1S/C24H15Cl3N4O/c25-14-7-5-13(6-8-14)23-20-21(17-3-1-2-4-19(17)32-23)30-24-28-12-29-31(24)22(20)16-10-9-15(26)11-18(16)27/h1-12,22-23H,(H,28,29,30)/t22-,23-/m0/s1. The molecule has 4 aromatic rings. The molecule has 0 saturated carbocycles. The molecule has 0 spiro atoms. The van der Waals surface area contributed by atoms with E-state index in [1.54, 1.807) is 6.07 Å². The molecule has 0 aliphatic carbocycles. The molecule has 1 N–H and O–H groups in total. The molecular formula is C24H15Cl3N4O. The Morgan fingerprint density at radius 2 is 1.69 bits per heavy atom. The van der Waals surface area contributed by atoms with Gasteiger partial charge in [0.2, 0.25) is 5.95 Å². The van der Waals surface area contributed by atoms with E-state index in [9.17, 15) is 0 Å². The van der Waals surface area contributed by atoms with Crippen molar-refractivity contribution in [3.05, 3.63) is 110 Å². The smallest absolute Gasteiger partial charge is 0.226 e. The summed E-state index contributed by atoms with van der Waals surface area (Å²) in [5.41, 5.74) is 4.70. The Morgan fingerprint density at radius 3 is 2.50 bits per heavy atom. The number of hydrogen-bond donors (Lipinski definition) is 1. The molecule has 0 fully saturated rings. The highest BCUT2D eigenvalue weighted by molar-refractivity contribution is 6.35. The van der Waals surface area contributed by atoms with E-state index in [1.165, 1.54) is 6.33 Å². The van der Waals surface area contributed by atoms with Gasteiger partial charge in [0, 0.05) is 26.2 Å². The van der Waals surface area contributed by atoms with Crippen molar-refractivity contribution in [1.82, 2.24) is 14.8 Å². The maximum absolute atomic E-state index is 6.70. The van der Waals surface area contributed by atoms with Crippen LogP contribution in [0.25, 0.3) is 5.70 Å². The maximum atomic E-state index is 6.70. The van der Waals surface area contributed by atoms with Gasteiger partial charge in [0.15, 0.2) is 0 Å². The number of fused-ring (bicyclic) bond motifs is 3. The topological polar surface area (TPSA) is 52.0 Å². The molecule has 3 aromatic carbocycles. The van der Waals surface area contributed by atoms with Crippen molar-refractivity contribution in [2.45, 2.75) is 12.1 Å². The summed E-state index contributed by atoms with van der Waals surface area (Å²) in [6, 6.07) is 20.8. The second-order valence-corrected chi connectivity index (χ2v) is 8.88. The molecule has 2 aliphatic rings. The predicted molar refractivity (Wildman–Crippen MR) is 126 cm³/mol. The quantitative estimate of drug-likeness (QED) is 0.342. The number of benzene rings is 3. The number of nitrogens with one attached hydrogen (secondary N) is 1. The van der Waals surface area contributed by atoms with E-state index < -0.39 is 6.10 Å². The normalized spacial score (nSPS) is 18.8. The van der Waals surface area contributed by atoms with Crippen LogP contribution in [0.3, 0.4) is 0 Å². The highest BCUT2D eigenvalue weighted by Gasteiger charge is 2.41. The molecule has 0 amide bonds. The van der Waals surface area contributed by atoms with Crippen LogP contribution in [0.5, 0.6) is 5.75 Å². The summed E-state index contributed by atoms with van der Waals surface area (Å²) in [5, 5.41) is 9.76. The highest BCUT2D eigenvalue weighted by atomic mass is 35.5. The fourth-order valence-electron chi connectivity index (χ4n) is 4.35. The zero-order valence-electron chi connectivity index (χ0n) is 16.5. The largest absolute Gasteiger partial charge is 0.480 e. The molecule has 3 heterocycles. The minimum absolute atomic E-state index is 0.345. The molecule has 158 valence electrons. The Kier molecular flexibility index (Phi) is 4.65. The number of para-hydroxylation sites is 1. The molecule has 32 heavy (non-hydrogen) atoms. The fraction of sp³-hybridized carbons (Fsp3) is 0.0833. The van der Waals surface area contributed by atoms with Gasteiger partial charge in [0.05, 0.1) is 5.70 Å². The van der Waals surface area contributed by atoms with E-state index in [4.69, 9.17) is 39.5 Å². The molecule has 5 nitrogen and oxygen atoms in total. The molecule has 8 heteroatoms. The number of rotatable bonds is 2. The Morgan fingerprint density at radius 1 is 0.906 bits per heavy atom. The number of halogens is 3. The van der Waals surface area contributed by atoms with Crippen molar-refractivity contribution in [2.75, 3.05) is 5.32 Å². The van der Waals surface area contributed by atoms with Crippen LogP contribution in [0.15, 0.2) is 78.6 Å². The Hall–Kier alpha value is -2.99. The van der Waals surface area contributed by atoms with Crippen LogP contribution < -0.4 is 10.1 Å². The number of anilines is 1. The van der Waals surface area contributed by atoms with Gasteiger partial charge in [-0.05, 0) is 47.5 Å². The summed E-state index contributed by atoms with van der Waals surface area (Å²) in [5.74, 6) is 1.42. The second kappa shape index (κ2) is 7.55. The van der Waals surface area contributed by atoms with Crippen molar-refractivity contribution >= 4 is 46.4 Å². The molecule has 0 bridgehead atoms. The minimum Gasteiger partial charge on any atom is -0.480 e. The van der Waals surface area contributed by atoms with E-state index in [2.05, 4.69) is 15.4 Å². The van der Waals surface area contributed by atoms with Crippen LogP contribution in [0.2, 0.25) is 15.1 Å². The van der Waals surface area contributed by atoms with Crippen LogP contribution in [0, 0.1) is 0 Å². The maximum Gasteiger partial charge on any atom is 0.226 e. The molecule has 0 radical (unpaired) electrons. The third kappa shape index (κ3) is 3.08. The van der Waals surface area contributed by atoms with Crippen LogP contribution in [-0.4, -0.2) is 14.8 Å². The fourth-order valence-corrected chi connectivity index (χ4v) is 4.99. The van der Waals surface area contributed by atoms with Crippen molar-refractivity contribution < 1.29 is 4.74 Å². The summed E-state index contributed by atoms with van der Waals surface area (Å²) in [6.45, 7) is 0. The van der Waals surface area contributed by atoms with Gasteiger partial charge in [0.25, 0.3) is 0 Å². The first-order valence-electron chi connectivity index (χ1n) is 9.97. The lowest BCUT2D eigenvalue weighted by Gasteiger charge is -2.39. The molecule has 6 rings (SSSR count). The molecule has 2 atom stereocenters. The number of hydrogen-bond acceptors (Lipinski definition) is 4. The highest BCUT2D eigenvalue weighted by Crippen LogP contribution is 2.51. The third-order valence-corrected chi connectivity index (χ3v) is 6.57. The molecule has 0 saturated heterocycles. The SMILES string of the molecule is Clc1ccc([C@@H]2Oc3ccccc3C3=C2[C@H](c2ccc(Cl)cc2Cl)n2ncnc2N3)cc1. The Labute approximate surface area is 199 Å². The predicted octanol–water partition coefficient (Wildman–Crippen LogP) is 6.80. The monoisotopic (exact) mass is 480 g/mol. The summed E-state index contributed by atoms with van der Waals surface area (Å²) >= 11 is 19.1. The molecule has 1 aromatic heterocycles. The van der Waals surface area contributed by atoms with Gasteiger partial charge in [-0.3, -0.25) is 0 Å². The summed E-state index contributed by atoms with van der Waals surface area (Å²) in [4.78, 5) is 4.43. The molecule has 2 aliphatic heterocycles. The van der Waals surface area contributed by atoms with Gasteiger partial charge >= 0.3 is 0 Å². The van der Waals surface area contributed by atoms with Gasteiger partial charge < -0.3 is 10.1 Å². The minimum atomic E-state index is -0.390. The van der Waals surface area contributed by atoms with Crippen LogP contribution >= 0.6 is 34.8 Å². The molecule has 0 unspecified atom stereocenters. The van der Waals surface area contributed by atoms with Crippen molar-refractivity contribution in [3.8, 4) is 5.75 Å². The zero-order valence-corrected chi connectivity index (χ0v) is 18.7. The number of ether oxygens (including phenoxy) is 1.